The van der Waals surface area contributed by atoms with Gasteiger partial charge in [0.2, 0.25) is 11.7 Å². The van der Waals surface area contributed by atoms with E-state index in [2.05, 4.69) is 15.5 Å². The van der Waals surface area contributed by atoms with Crippen LogP contribution in [0, 0.1) is 6.92 Å². The van der Waals surface area contributed by atoms with Crippen molar-refractivity contribution < 1.29 is 9.32 Å². The van der Waals surface area contributed by atoms with Gasteiger partial charge in [-0.1, -0.05) is 47.1 Å². The predicted molar refractivity (Wildman–Crippen MR) is 86.8 cm³/mol. The number of hydrogen-bond acceptors (Lipinski definition) is 4. The molecule has 0 aliphatic heterocycles. The first-order chi connectivity index (χ1) is 11.1. The van der Waals surface area contributed by atoms with Crippen molar-refractivity contribution in [2.24, 2.45) is 0 Å². The molecule has 3 aromatic rings. The van der Waals surface area contributed by atoms with Gasteiger partial charge in [-0.15, -0.1) is 0 Å². The molecule has 0 aliphatic carbocycles. The standard InChI is InChI=1S/C18H17N3O2/c1-12-7-6-10-15(11-12)16-20-18(23-21-16)13(2)19-17(22)14-8-4-3-5-9-14/h3-11,13H,1-2H3,(H,19,22)/t13-/m0/s1. The molecule has 5 heteroatoms. The van der Waals surface area contributed by atoms with Crippen molar-refractivity contribution in [2.75, 3.05) is 0 Å². The van der Waals surface area contributed by atoms with Crippen LogP contribution < -0.4 is 5.32 Å². The van der Waals surface area contributed by atoms with Crippen LogP contribution in [0.25, 0.3) is 11.4 Å². The third-order valence-corrected chi connectivity index (χ3v) is 3.47. The molecule has 1 heterocycles. The predicted octanol–water partition coefficient (Wildman–Crippen LogP) is 3.54. The minimum Gasteiger partial charge on any atom is -0.341 e. The van der Waals surface area contributed by atoms with Gasteiger partial charge in [-0.25, -0.2) is 0 Å². The third kappa shape index (κ3) is 3.45. The molecule has 1 N–H and O–H groups in total. The third-order valence-electron chi connectivity index (χ3n) is 3.47. The second-order valence-electron chi connectivity index (χ2n) is 5.39. The molecule has 3 rings (SSSR count). The van der Waals surface area contributed by atoms with Crippen LogP contribution in [0.2, 0.25) is 0 Å². The molecule has 0 spiro atoms. The SMILES string of the molecule is Cc1cccc(-c2noc([C@H](C)NC(=O)c3ccccc3)n2)c1. The molecule has 1 atom stereocenters. The molecular formula is C18H17N3O2. The van der Waals surface area contributed by atoms with Gasteiger partial charge < -0.3 is 9.84 Å². The maximum absolute atomic E-state index is 12.1. The lowest BCUT2D eigenvalue weighted by Gasteiger charge is -2.09. The van der Waals surface area contributed by atoms with Gasteiger partial charge in [0, 0.05) is 11.1 Å². The molecule has 0 fully saturated rings. The average Bonchev–Trinajstić information content (AvgIpc) is 3.06. The Balaban J connectivity index is 1.74. The molecule has 5 nitrogen and oxygen atoms in total. The van der Waals surface area contributed by atoms with Gasteiger partial charge in [0.25, 0.3) is 5.91 Å². The Kier molecular flexibility index (Phi) is 4.19. The van der Waals surface area contributed by atoms with Crippen LogP contribution in [-0.4, -0.2) is 16.0 Å². The number of nitrogens with zero attached hydrogens (tertiary/aromatic N) is 2. The first-order valence-electron chi connectivity index (χ1n) is 7.40. The van der Waals surface area contributed by atoms with Crippen molar-refractivity contribution in [3.8, 4) is 11.4 Å². The zero-order valence-corrected chi connectivity index (χ0v) is 13.0. The molecule has 1 aromatic heterocycles. The second kappa shape index (κ2) is 6.44. The zero-order chi connectivity index (χ0) is 16.2. The summed E-state index contributed by atoms with van der Waals surface area (Å²) in [4.78, 5) is 16.5. The summed E-state index contributed by atoms with van der Waals surface area (Å²) in [6, 6.07) is 16.5. The molecular weight excluding hydrogens is 290 g/mol. The van der Waals surface area contributed by atoms with Gasteiger partial charge >= 0.3 is 0 Å². The number of aryl methyl sites for hydroxylation is 1. The fourth-order valence-electron chi connectivity index (χ4n) is 2.24. The van der Waals surface area contributed by atoms with E-state index >= 15 is 0 Å². The Hall–Kier alpha value is -2.95. The van der Waals surface area contributed by atoms with E-state index in [0.717, 1.165) is 11.1 Å². The highest BCUT2D eigenvalue weighted by Gasteiger charge is 2.18. The van der Waals surface area contributed by atoms with Crippen LogP contribution in [0.3, 0.4) is 0 Å². The number of nitrogens with one attached hydrogen (secondary N) is 1. The van der Waals surface area contributed by atoms with Crippen LogP contribution in [0.15, 0.2) is 59.1 Å². The van der Waals surface area contributed by atoms with Crippen LogP contribution in [0.1, 0.15) is 34.8 Å². The Morgan fingerprint density at radius 1 is 1.13 bits per heavy atom. The molecule has 0 radical (unpaired) electrons. The van der Waals surface area contributed by atoms with Gasteiger partial charge in [0.1, 0.15) is 6.04 Å². The van der Waals surface area contributed by atoms with E-state index in [0.29, 0.717) is 17.3 Å². The lowest BCUT2D eigenvalue weighted by Crippen LogP contribution is -2.26. The zero-order valence-electron chi connectivity index (χ0n) is 13.0. The van der Waals surface area contributed by atoms with Crippen molar-refractivity contribution in [3.05, 3.63) is 71.6 Å². The smallest absolute Gasteiger partial charge is 0.251 e. The molecule has 1 amide bonds. The summed E-state index contributed by atoms with van der Waals surface area (Å²) in [6.07, 6.45) is 0. The molecule has 2 aromatic carbocycles. The van der Waals surface area contributed by atoms with Crippen LogP contribution in [0.5, 0.6) is 0 Å². The summed E-state index contributed by atoms with van der Waals surface area (Å²) >= 11 is 0. The van der Waals surface area contributed by atoms with Crippen molar-refractivity contribution >= 4 is 5.91 Å². The topological polar surface area (TPSA) is 68.0 Å². The molecule has 23 heavy (non-hydrogen) atoms. The first kappa shape index (κ1) is 15.0. The van der Waals surface area contributed by atoms with E-state index in [9.17, 15) is 4.79 Å². The largest absolute Gasteiger partial charge is 0.341 e. The number of rotatable bonds is 4. The van der Waals surface area contributed by atoms with Crippen molar-refractivity contribution in [3.63, 3.8) is 0 Å². The molecule has 0 unspecified atom stereocenters. The number of amides is 1. The Bertz CT molecular complexity index is 812. The number of hydrogen-bond donors (Lipinski definition) is 1. The normalized spacial score (nSPS) is 11.9. The van der Waals surface area contributed by atoms with Crippen LogP contribution >= 0.6 is 0 Å². The quantitative estimate of drug-likeness (QED) is 0.800. The van der Waals surface area contributed by atoms with E-state index in [1.807, 2.05) is 56.3 Å². The Labute approximate surface area is 134 Å². The second-order valence-corrected chi connectivity index (χ2v) is 5.39. The lowest BCUT2D eigenvalue weighted by molar-refractivity contribution is 0.0932. The molecule has 116 valence electrons. The summed E-state index contributed by atoms with van der Waals surface area (Å²) in [5, 5.41) is 6.84. The maximum Gasteiger partial charge on any atom is 0.251 e. The summed E-state index contributed by atoms with van der Waals surface area (Å²) in [5.74, 6) is 0.726. The lowest BCUT2D eigenvalue weighted by atomic mass is 10.1. The molecule has 0 aliphatic rings. The van der Waals surface area contributed by atoms with E-state index in [-0.39, 0.29) is 11.9 Å². The van der Waals surface area contributed by atoms with Gasteiger partial charge in [-0.05, 0) is 32.0 Å². The minimum atomic E-state index is -0.367. The molecule has 0 bridgehead atoms. The summed E-state index contributed by atoms with van der Waals surface area (Å²) in [7, 11) is 0. The fourth-order valence-corrected chi connectivity index (χ4v) is 2.24. The van der Waals surface area contributed by atoms with E-state index < -0.39 is 0 Å². The Morgan fingerprint density at radius 3 is 2.65 bits per heavy atom. The highest BCUT2D eigenvalue weighted by Crippen LogP contribution is 2.19. The molecule has 0 saturated carbocycles. The highest BCUT2D eigenvalue weighted by atomic mass is 16.5. The van der Waals surface area contributed by atoms with Gasteiger partial charge in [-0.2, -0.15) is 4.98 Å². The van der Waals surface area contributed by atoms with Crippen molar-refractivity contribution in [2.45, 2.75) is 19.9 Å². The number of carbonyl (C=O) groups excluding carboxylic acids is 1. The summed E-state index contributed by atoms with van der Waals surface area (Å²) in [5.41, 5.74) is 2.61. The number of benzene rings is 2. The minimum absolute atomic E-state index is 0.173. The molecule has 0 saturated heterocycles. The van der Waals surface area contributed by atoms with Crippen molar-refractivity contribution in [1.82, 2.24) is 15.5 Å². The van der Waals surface area contributed by atoms with Gasteiger partial charge in [-0.3, -0.25) is 4.79 Å². The number of carbonyl (C=O) groups is 1. The fraction of sp³-hybridized carbons (Fsp3) is 0.167. The Morgan fingerprint density at radius 2 is 1.91 bits per heavy atom. The summed E-state index contributed by atoms with van der Waals surface area (Å²) in [6.45, 7) is 3.82. The van der Waals surface area contributed by atoms with Gasteiger partial charge in [0.05, 0.1) is 0 Å². The van der Waals surface area contributed by atoms with E-state index in [1.165, 1.54) is 0 Å². The van der Waals surface area contributed by atoms with Crippen LogP contribution in [0.4, 0.5) is 0 Å². The highest BCUT2D eigenvalue weighted by molar-refractivity contribution is 5.94. The van der Waals surface area contributed by atoms with Crippen LogP contribution in [-0.2, 0) is 0 Å². The number of aromatic nitrogens is 2. The van der Waals surface area contributed by atoms with Crippen molar-refractivity contribution in [1.29, 1.82) is 0 Å². The summed E-state index contributed by atoms with van der Waals surface area (Å²) < 4.78 is 5.28. The average molecular weight is 307 g/mol. The van der Waals surface area contributed by atoms with E-state index in [4.69, 9.17) is 4.52 Å². The maximum atomic E-state index is 12.1. The van der Waals surface area contributed by atoms with E-state index in [1.54, 1.807) is 12.1 Å². The van der Waals surface area contributed by atoms with Gasteiger partial charge in [0.15, 0.2) is 0 Å². The first-order valence-corrected chi connectivity index (χ1v) is 7.40. The monoisotopic (exact) mass is 307 g/mol.